The van der Waals surface area contributed by atoms with Gasteiger partial charge in [-0.15, -0.1) is 0 Å². The molecule has 1 rings (SSSR count). The van der Waals surface area contributed by atoms with Crippen molar-refractivity contribution in [1.82, 2.24) is 0 Å². The molecular formula is C11H22O4. The average Bonchev–Trinajstić information content (AvgIpc) is 2.52. The first kappa shape index (κ1) is 12.9. The molecule has 0 aromatic rings. The number of ether oxygens (including phenoxy) is 3. The fourth-order valence-corrected chi connectivity index (χ4v) is 1.69. The van der Waals surface area contributed by atoms with Crippen LogP contribution in [0.5, 0.6) is 0 Å². The monoisotopic (exact) mass is 218 g/mol. The number of hydrogen-bond donors (Lipinski definition) is 1. The van der Waals surface area contributed by atoms with Crippen molar-refractivity contribution in [2.75, 3.05) is 33.0 Å². The maximum absolute atomic E-state index is 8.47. The Morgan fingerprint density at radius 1 is 1.27 bits per heavy atom. The van der Waals surface area contributed by atoms with Gasteiger partial charge in [0.2, 0.25) is 0 Å². The molecule has 90 valence electrons. The van der Waals surface area contributed by atoms with E-state index in [9.17, 15) is 0 Å². The molecule has 1 unspecified atom stereocenters. The largest absolute Gasteiger partial charge is 0.394 e. The molecule has 1 heterocycles. The summed E-state index contributed by atoms with van der Waals surface area (Å²) in [7, 11) is 0. The lowest BCUT2D eigenvalue weighted by molar-refractivity contribution is -0.0610. The summed E-state index contributed by atoms with van der Waals surface area (Å²) < 4.78 is 16.3. The quantitative estimate of drug-likeness (QED) is 0.647. The van der Waals surface area contributed by atoms with E-state index in [0.717, 1.165) is 12.8 Å². The minimum atomic E-state index is 0.0153. The van der Waals surface area contributed by atoms with Crippen LogP contribution in [0.3, 0.4) is 0 Å². The van der Waals surface area contributed by atoms with E-state index in [1.54, 1.807) is 0 Å². The number of aliphatic hydroxyl groups is 1. The van der Waals surface area contributed by atoms with Crippen LogP contribution in [-0.2, 0) is 14.2 Å². The van der Waals surface area contributed by atoms with E-state index in [0.29, 0.717) is 26.4 Å². The molecule has 1 N–H and O–H groups in total. The summed E-state index contributed by atoms with van der Waals surface area (Å²) in [5.74, 6) is 0. The Hall–Kier alpha value is -0.160. The minimum Gasteiger partial charge on any atom is -0.394 e. The molecule has 4 heteroatoms. The highest BCUT2D eigenvalue weighted by atomic mass is 16.6. The third-order valence-electron chi connectivity index (χ3n) is 2.47. The summed E-state index contributed by atoms with van der Waals surface area (Å²) in [5.41, 5.74) is 0.0153. The standard InChI is InChI=1S/C11H22O4/c1-11(2)4-3-10(15-11)9-14-8-7-13-6-5-12/h10,12H,3-9H2,1-2H3. The van der Waals surface area contributed by atoms with Crippen LogP contribution in [0, 0.1) is 0 Å². The van der Waals surface area contributed by atoms with Crippen LogP contribution in [0.1, 0.15) is 26.7 Å². The molecule has 0 amide bonds. The van der Waals surface area contributed by atoms with Gasteiger partial charge in [0.15, 0.2) is 0 Å². The van der Waals surface area contributed by atoms with E-state index < -0.39 is 0 Å². The van der Waals surface area contributed by atoms with Gasteiger partial charge in [-0.05, 0) is 26.7 Å². The van der Waals surface area contributed by atoms with E-state index >= 15 is 0 Å². The molecule has 1 aliphatic heterocycles. The number of hydrogen-bond acceptors (Lipinski definition) is 4. The smallest absolute Gasteiger partial charge is 0.0816 e. The summed E-state index contributed by atoms with van der Waals surface area (Å²) in [6, 6.07) is 0. The van der Waals surface area contributed by atoms with Crippen molar-refractivity contribution in [3.8, 4) is 0 Å². The van der Waals surface area contributed by atoms with Crippen LogP contribution in [-0.4, -0.2) is 49.8 Å². The zero-order valence-corrected chi connectivity index (χ0v) is 9.70. The molecule has 0 saturated carbocycles. The van der Waals surface area contributed by atoms with Crippen LogP contribution >= 0.6 is 0 Å². The van der Waals surface area contributed by atoms with Gasteiger partial charge in [0.1, 0.15) is 0 Å². The zero-order chi connectivity index (χ0) is 11.1. The van der Waals surface area contributed by atoms with Crippen LogP contribution in [0.25, 0.3) is 0 Å². The SMILES string of the molecule is CC1(C)CCC(COCCOCCO)O1. The van der Waals surface area contributed by atoms with E-state index in [1.165, 1.54) is 0 Å². The molecule has 1 saturated heterocycles. The van der Waals surface area contributed by atoms with Crippen molar-refractivity contribution in [3.05, 3.63) is 0 Å². The predicted octanol–water partition coefficient (Wildman–Crippen LogP) is 0.969. The summed E-state index contributed by atoms with van der Waals surface area (Å²) in [4.78, 5) is 0. The number of aliphatic hydroxyl groups excluding tert-OH is 1. The molecule has 1 fully saturated rings. The lowest BCUT2D eigenvalue weighted by atomic mass is 10.1. The van der Waals surface area contributed by atoms with Crippen molar-refractivity contribution in [3.63, 3.8) is 0 Å². The van der Waals surface area contributed by atoms with Crippen LogP contribution in [0.15, 0.2) is 0 Å². The van der Waals surface area contributed by atoms with Gasteiger partial charge in [0, 0.05) is 0 Å². The van der Waals surface area contributed by atoms with Gasteiger partial charge in [-0.1, -0.05) is 0 Å². The third-order valence-corrected chi connectivity index (χ3v) is 2.47. The molecule has 0 spiro atoms. The van der Waals surface area contributed by atoms with E-state index in [-0.39, 0.29) is 18.3 Å². The van der Waals surface area contributed by atoms with Gasteiger partial charge in [-0.3, -0.25) is 0 Å². The average molecular weight is 218 g/mol. The van der Waals surface area contributed by atoms with Crippen LogP contribution in [0.4, 0.5) is 0 Å². The Morgan fingerprint density at radius 3 is 2.60 bits per heavy atom. The Bertz CT molecular complexity index is 170. The highest BCUT2D eigenvalue weighted by molar-refractivity contribution is 4.80. The summed E-state index contributed by atoms with van der Waals surface area (Å²) in [5, 5.41) is 8.47. The lowest BCUT2D eigenvalue weighted by Crippen LogP contribution is -2.23. The fourth-order valence-electron chi connectivity index (χ4n) is 1.69. The second-order valence-electron chi connectivity index (χ2n) is 4.45. The van der Waals surface area contributed by atoms with Gasteiger partial charge in [-0.2, -0.15) is 0 Å². The molecule has 0 aromatic carbocycles. The lowest BCUT2D eigenvalue weighted by Gasteiger charge is -2.19. The van der Waals surface area contributed by atoms with Crippen molar-refractivity contribution >= 4 is 0 Å². The minimum absolute atomic E-state index is 0.0153. The molecule has 0 radical (unpaired) electrons. The molecule has 0 aromatic heterocycles. The number of rotatable bonds is 7. The van der Waals surface area contributed by atoms with Gasteiger partial charge < -0.3 is 19.3 Å². The van der Waals surface area contributed by atoms with E-state index in [4.69, 9.17) is 19.3 Å². The van der Waals surface area contributed by atoms with Crippen molar-refractivity contribution in [1.29, 1.82) is 0 Å². The molecule has 1 atom stereocenters. The van der Waals surface area contributed by atoms with Gasteiger partial charge >= 0.3 is 0 Å². The van der Waals surface area contributed by atoms with Gasteiger partial charge in [0.25, 0.3) is 0 Å². The molecule has 1 aliphatic rings. The Balaban J connectivity index is 1.93. The summed E-state index contributed by atoms with van der Waals surface area (Å²) >= 11 is 0. The van der Waals surface area contributed by atoms with Crippen molar-refractivity contribution in [2.24, 2.45) is 0 Å². The molecule has 4 nitrogen and oxygen atoms in total. The first-order valence-corrected chi connectivity index (χ1v) is 5.58. The topological polar surface area (TPSA) is 47.9 Å². The highest BCUT2D eigenvalue weighted by Gasteiger charge is 2.31. The first-order chi connectivity index (χ1) is 7.14. The fraction of sp³-hybridized carbons (Fsp3) is 1.00. The second-order valence-corrected chi connectivity index (χ2v) is 4.45. The predicted molar refractivity (Wildman–Crippen MR) is 56.9 cm³/mol. The summed E-state index contributed by atoms with van der Waals surface area (Å²) in [6.45, 7) is 6.42. The second kappa shape index (κ2) is 6.43. The maximum Gasteiger partial charge on any atom is 0.0816 e. The van der Waals surface area contributed by atoms with E-state index in [2.05, 4.69) is 13.8 Å². The van der Waals surface area contributed by atoms with Crippen LogP contribution < -0.4 is 0 Å². The molecule has 0 aliphatic carbocycles. The Morgan fingerprint density at radius 2 is 2.00 bits per heavy atom. The van der Waals surface area contributed by atoms with Gasteiger partial charge in [0.05, 0.1) is 44.7 Å². The van der Waals surface area contributed by atoms with Crippen LogP contribution in [0.2, 0.25) is 0 Å². The Labute approximate surface area is 91.5 Å². The highest BCUT2D eigenvalue weighted by Crippen LogP contribution is 2.29. The first-order valence-electron chi connectivity index (χ1n) is 5.58. The Kier molecular flexibility index (Phi) is 5.53. The molecule has 15 heavy (non-hydrogen) atoms. The van der Waals surface area contributed by atoms with Crippen molar-refractivity contribution < 1.29 is 19.3 Å². The molecular weight excluding hydrogens is 196 g/mol. The maximum atomic E-state index is 8.47. The third kappa shape index (κ3) is 5.47. The molecule has 0 bridgehead atoms. The zero-order valence-electron chi connectivity index (χ0n) is 9.70. The van der Waals surface area contributed by atoms with Crippen molar-refractivity contribution in [2.45, 2.75) is 38.4 Å². The van der Waals surface area contributed by atoms with E-state index in [1.807, 2.05) is 0 Å². The normalized spacial score (nSPS) is 24.6. The van der Waals surface area contributed by atoms with Gasteiger partial charge in [-0.25, -0.2) is 0 Å². The summed E-state index contributed by atoms with van der Waals surface area (Å²) in [6.07, 6.45) is 2.41.